The SMILES string of the molecule is C[C@]1(COC(=O)C2CC2)O[C@@H](c2ccc3c(N)ncnn23)[C@H](O)[C@@H]1O. The third-order valence-corrected chi connectivity index (χ3v) is 4.87. The van der Waals surface area contributed by atoms with Gasteiger partial charge in [-0.25, -0.2) is 9.50 Å². The Morgan fingerprint density at radius 3 is 2.96 bits per heavy atom. The van der Waals surface area contributed by atoms with Gasteiger partial charge in [0.1, 0.15) is 42.4 Å². The van der Waals surface area contributed by atoms with Gasteiger partial charge in [-0.1, -0.05) is 0 Å². The Morgan fingerprint density at radius 2 is 2.24 bits per heavy atom. The second-order valence-corrected chi connectivity index (χ2v) is 6.87. The first-order valence-electron chi connectivity index (χ1n) is 8.19. The third kappa shape index (κ3) is 2.64. The number of rotatable bonds is 4. The fourth-order valence-electron chi connectivity index (χ4n) is 3.15. The van der Waals surface area contributed by atoms with Crippen molar-refractivity contribution in [2.45, 2.75) is 43.7 Å². The molecule has 1 saturated carbocycles. The lowest BCUT2D eigenvalue weighted by molar-refractivity contribution is -0.161. The lowest BCUT2D eigenvalue weighted by atomic mass is 9.97. The molecule has 0 aromatic carbocycles. The summed E-state index contributed by atoms with van der Waals surface area (Å²) in [6.07, 6.45) is -0.270. The number of aromatic nitrogens is 3. The molecule has 2 aromatic rings. The first kappa shape index (κ1) is 16.2. The van der Waals surface area contributed by atoms with Crippen molar-refractivity contribution in [1.29, 1.82) is 0 Å². The van der Waals surface area contributed by atoms with E-state index in [-0.39, 0.29) is 18.5 Å². The number of hydrogen-bond acceptors (Lipinski definition) is 8. The number of ether oxygens (including phenoxy) is 2. The fourth-order valence-corrected chi connectivity index (χ4v) is 3.15. The Morgan fingerprint density at radius 1 is 1.48 bits per heavy atom. The number of carbonyl (C=O) groups is 1. The minimum atomic E-state index is -1.21. The molecule has 0 spiro atoms. The molecule has 1 aliphatic heterocycles. The second-order valence-electron chi connectivity index (χ2n) is 6.87. The Balaban J connectivity index is 1.58. The van der Waals surface area contributed by atoms with Crippen LogP contribution in [0.15, 0.2) is 18.5 Å². The molecule has 9 nitrogen and oxygen atoms in total. The minimum absolute atomic E-state index is 0.0443. The van der Waals surface area contributed by atoms with E-state index in [2.05, 4.69) is 10.1 Å². The molecule has 0 bridgehead atoms. The van der Waals surface area contributed by atoms with Crippen molar-refractivity contribution < 1.29 is 24.5 Å². The summed E-state index contributed by atoms with van der Waals surface area (Å²) in [5, 5.41) is 25.1. The molecule has 3 heterocycles. The summed E-state index contributed by atoms with van der Waals surface area (Å²) >= 11 is 0. The molecule has 4 rings (SSSR count). The molecular weight excluding hydrogens is 328 g/mol. The van der Waals surface area contributed by atoms with E-state index in [0.717, 1.165) is 12.8 Å². The quantitative estimate of drug-likeness (QED) is 0.648. The van der Waals surface area contributed by atoms with Crippen molar-refractivity contribution >= 4 is 17.3 Å². The van der Waals surface area contributed by atoms with E-state index in [0.29, 0.717) is 17.0 Å². The van der Waals surface area contributed by atoms with Crippen LogP contribution in [0, 0.1) is 5.92 Å². The number of esters is 1. The first-order valence-corrected chi connectivity index (χ1v) is 8.19. The van der Waals surface area contributed by atoms with Gasteiger partial charge in [-0.05, 0) is 31.9 Å². The zero-order valence-electron chi connectivity index (χ0n) is 13.7. The predicted octanol–water partition coefficient (Wildman–Crippen LogP) is -0.184. The molecule has 0 unspecified atom stereocenters. The van der Waals surface area contributed by atoms with Gasteiger partial charge in [-0.3, -0.25) is 4.79 Å². The third-order valence-electron chi connectivity index (χ3n) is 4.87. The van der Waals surface area contributed by atoms with E-state index in [4.69, 9.17) is 15.2 Å². The number of aliphatic hydroxyl groups excluding tert-OH is 2. The molecule has 9 heteroatoms. The van der Waals surface area contributed by atoms with Gasteiger partial charge in [0, 0.05) is 0 Å². The summed E-state index contributed by atoms with van der Waals surface area (Å²) in [5.74, 6) is -0.0314. The van der Waals surface area contributed by atoms with Crippen molar-refractivity contribution in [3.05, 3.63) is 24.2 Å². The number of carbonyl (C=O) groups excluding carboxylic acids is 1. The lowest BCUT2D eigenvalue weighted by Gasteiger charge is -2.27. The van der Waals surface area contributed by atoms with Gasteiger partial charge in [-0.15, -0.1) is 0 Å². The summed E-state index contributed by atoms with van der Waals surface area (Å²) in [5.41, 5.74) is 5.72. The predicted molar refractivity (Wildman–Crippen MR) is 85.3 cm³/mol. The maximum Gasteiger partial charge on any atom is 0.309 e. The normalized spacial score (nSPS) is 32.2. The van der Waals surface area contributed by atoms with E-state index in [1.807, 2.05) is 0 Å². The molecule has 4 N–H and O–H groups in total. The first-order chi connectivity index (χ1) is 11.9. The lowest BCUT2D eigenvalue weighted by Crippen LogP contribution is -2.44. The molecule has 25 heavy (non-hydrogen) atoms. The van der Waals surface area contributed by atoms with Gasteiger partial charge in [0.25, 0.3) is 0 Å². The van der Waals surface area contributed by atoms with Crippen LogP contribution in [0.5, 0.6) is 0 Å². The van der Waals surface area contributed by atoms with E-state index in [1.165, 1.54) is 10.8 Å². The minimum Gasteiger partial charge on any atom is -0.462 e. The summed E-state index contributed by atoms with van der Waals surface area (Å²) in [6, 6.07) is 3.43. The summed E-state index contributed by atoms with van der Waals surface area (Å²) < 4.78 is 12.7. The maximum atomic E-state index is 11.8. The van der Waals surface area contributed by atoms with E-state index >= 15 is 0 Å². The van der Waals surface area contributed by atoms with Crippen molar-refractivity contribution in [2.24, 2.45) is 5.92 Å². The highest BCUT2D eigenvalue weighted by Crippen LogP contribution is 2.41. The zero-order valence-corrected chi connectivity index (χ0v) is 13.7. The van der Waals surface area contributed by atoms with Crippen LogP contribution in [-0.2, 0) is 14.3 Å². The molecule has 4 atom stereocenters. The Labute approximate surface area is 143 Å². The van der Waals surface area contributed by atoms with E-state index in [9.17, 15) is 15.0 Å². The Hall–Kier alpha value is -2.23. The highest BCUT2D eigenvalue weighted by atomic mass is 16.6. The standard InChI is InChI=1S/C16H20N4O5/c1-16(6-24-15(23)8-2-3-8)13(22)11(21)12(25-16)9-4-5-10-14(17)18-7-19-20(9)10/h4-5,7-8,11-13,21-22H,2-3,6H2,1H3,(H2,17,18,19)/t11-,12-,13-,16+/m0/s1. The van der Waals surface area contributed by atoms with Crippen LogP contribution in [0.3, 0.4) is 0 Å². The van der Waals surface area contributed by atoms with E-state index in [1.54, 1.807) is 19.1 Å². The number of aliphatic hydroxyl groups is 2. The fraction of sp³-hybridized carbons (Fsp3) is 0.562. The van der Waals surface area contributed by atoms with Crippen LogP contribution >= 0.6 is 0 Å². The van der Waals surface area contributed by atoms with Crippen molar-refractivity contribution in [1.82, 2.24) is 14.6 Å². The van der Waals surface area contributed by atoms with Crippen LogP contribution in [0.1, 0.15) is 31.6 Å². The molecule has 2 aliphatic rings. The highest BCUT2D eigenvalue weighted by molar-refractivity contribution is 5.74. The zero-order chi connectivity index (χ0) is 17.8. The molecular formula is C16H20N4O5. The monoisotopic (exact) mass is 348 g/mol. The number of nitrogens with two attached hydrogens (primary N) is 1. The summed E-state index contributed by atoms with van der Waals surface area (Å²) in [4.78, 5) is 15.7. The largest absolute Gasteiger partial charge is 0.462 e. The van der Waals surface area contributed by atoms with Gasteiger partial charge < -0.3 is 25.4 Å². The number of nitrogens with zero attached hydrogens (tertiary/aromatic N) is 3. The smallest absolute Gasteiger partial charge is 0.309 e. The molecule has 2 fully saturated rings. The average Bonchev–Trinajstić information content (AvgIpc) is 3.32. The average molecular weight is 348 g/mol. The molecule has 0 amide bonds. The van der Waals surface area contributed by atoms with E-state index < -0.39 is 23.9 Å². The van der Waals surface area contributed by atoms with Crippen LogP contribution in [0.25, 0.3) is 5.52 Å². The van der Waals surface area contributed by atoms with Gasteiger partial charge in [0.05, 0.1) is 11.6 Å². The molecule has 0 radical (unpaired) electrons. The van der Waals surface area contributed by atoms with Crippen molar-refractivity contribution in [3.8, 4) is 0 Å². The number of fused-ring (bicyclic) bond motifs is 1. The molecule has 1 aliphatic carbocycles. The Kier molecular flexibility index (Phi) is 3.67. The molecule has 2 aromatic heterocycles. The number of nitrogen functional groups attached to an aromatic ring is 1. The maximum absolute atomic E-state index is 11.8. The van der Waals surface area contributed by atoms with Gasteiger partial charge in [0.2, 0.25) is 0 Å². The molecule has 1 saturated heterocycles. The number of anilines is 1. The molecule has 134 valence electrons. The summed E-state index contributed by atoms with van der Waals surface area (Å²) in [7, 11) is 0. The number of hydrogen-bond donors (Lipinski definition) is 3. The van der Waals surface area contributed by atoms with Gasteiger partial charge >= 0.3 is 5.97 Å². The topological polar surface area (TPSA) is 132 Å². The van der Waals surface area contributed by atoms with Crippen LogP contribution in [0.4, 0.5) is 5.82 Å². The van der Waals surface area contributed by atoms with Crippen LogP contribution in [0.2, 0.25) is 0 Å². The van der Waals surface area contributed by atoms with Crippen LogP contribution < -0.4 is 5.73 Å². The van der Waals surface area contributed by atoms with Crippen LogP contribution in [-0.4, -0.2) is 55.2 Å². The van der Waals surface area contributed by atoms with Gasteiger partial charge in [-0.2, -0.15) is 5.10 Å². The highest BCUT2D eigenvalue weighted by Gasteiger charge is 2.53. The van der Waals surface area contributed by atoms with Crippen molar-refractivity contribution in [3.63, 3.8) is 0 Å². The van der Waals surface area contributed by atoms with Crippen molar-refractivity contribution in [2.75, 3.05) is 12.3 Å². The second kappa shape index (κ2) is 5.65. The Bertz CT molecular complexity index is 820. The summed E-state index contributed by atoms with van der Waals surface area (Å²) in [6.45, 7) is 1.48. The van der Waals surface area contributed by atoms with Gasteiger partial charge in [0.15, 0.2) is 5.82 Å².